The molecule has 38 heavy (non-hydrogen) atoms. The number of fused-ring (bicyclic) bond motifs is 2. The molecule has 0 amide bonds. The first-order valence-corrected chi connectivity index (χ1v) is 13.7. The van der Waals surface area contributed by atoms with E-state index in [9.17, 15) is 14.4 Å². The molecule has 2 saturated carbocycles. The van der Waals surface area contributed by atoms with Gasteiger partial charge in [-0.3, -0.25) is 14.4 Å². The van der Waals surface area contributed by atoms with Crippen LogP contribution in [0.1, 0.15) is 71.8 Å². The number of epoxide rings is 1. The lowest BCUT2D eigenvalue weighted by Crippen LogP contribution is -2.57. The van der Waals surface area contributed by atoms with Gasteiger partial charge >= 0.3 is 17.9 Å². The number of ether oxygens (including phenoxy) is 4. The molecule has 3 fully saturated rings. The molecule has 0 aromatic heterocycles. The van der Waals surface area contributed by atoms with Crippen molar-refractivity contribution in [1.82, 2.24) is 0 Å². The van der Waals surface area contributed by atoms with Gasteiger partial charge in [0.05, 0.1) is 24.7 Å². The Labute approximate surface area is 224 Å². The van der Waals surface area contributed by atoms with Gasteiger partial charge in [0, 0.05) is 24.6 Å². The Morgan fingerprint density at radius 1 is 0.947 bits per heavy atom. The molecule has 0 unspecified atom stereocenters. The van der Waals surface area contributed by atoms with Crippen molar-refractivity contribution in [2.24, 2.45) is 22.7 Å². The first-order valence-electron chi connectivity index (χ1n) is 13.7. The van der Waals surface area contributed by atoms with Crippen LogP contribution in [0.25, 0.3) is 10.8 Å². The van der Waals surface area contributed by atoms with Gasteiger partial charge < -0.3 is 18.9 Å². The van der Waals surface area contributed by atoms with E-state index in [1.54, 1.807) is 12.1 Å². The van der Waals surface area contributed by atoms with Crippen LogP contribution in [-0.2, 0) is 30.3 Å². The largest absolute Gasteiger partial charge is 0.469 e. The molecule has 2 aliphatic carbocycles. The van der Waals surface area contributed by atoms with Crippen molar-refractivity contribution < 1.29 is 33.3 Å². The summed E-state index contributed by atoms with van der Waals surface area (Å²) >= 11 is 0. The van der Waals surface area contributed by atoms with E-state index in [0.717, 1.165) is 67.9 Å². The predicted molar refractivity (Wildman–Crippen MR) is 142 cm³/mol. The zero-order valence-corrected chi connectivity index (χ0v) is 23.1. The van der Waals surface area contributed by atoms with Gasteiger partial charge in [-0.2, -0.15) is 0 Å². The van der Waals surface area contributed by atoms with Crippen LogP contribution in [0, 0.1) is 22.7 Å². The van der Waals surface area contributed by atoms with E-state index >= 15 is 0 Å². The third kappa shape index (κ3) is 4.49. The molecule has 2 aromatic rings. The molecule has 0 radical (unpaired) electrons. The number of carbonyl (C=O) groups is 3. The van der Waals surface area contributed by atoms with Gasteiger partial charge in [0.15, 0.2) is 0 Å². The van der Waals surface area contributed by atoms with E-state index in [4.69, 9.17) is 18.9 Å². The average Bonchev–Trinajstić information content (AvgIpc) is 3.63. The number of methoxy groups -OCH3 is 1. The summed E-state index contributed by atoms with van der Waals surface area (Å²) in [5, 5.41) is 1.45. The SMILES string of the molecule is COC(=O)[C@@]1(C)CCC[C@@]2(C)[C@H]1CC[C@]1(CO1)[C@@H]2CCc1ccc2c(OC(C)=O)ccc(OC(C)=O)c2c1. The van der Waals surface area contributed by atoms with Crippen LogP contribution in [0.2, 0.25) is 0 Å². The molecule has 0 bridgehead atoms. The zero-order valence-electron chi connectivity index (χ0n) is 23.1. The van der Waals surface area contributed by atoms with Crippen molar-refractivity contribution in [3.8, 4) is 11.5 Å². The number of rotatable bonds is 6. The normalized spacial score (nSPS) is 31.9. The molecule has 1 spiro atoms. The maximum Gasteiger partial charge on any atom is 0.311 e. The molecule has 5 rings (SSSR count). The van der Waals surface area contributed by atoms with Crippen LogP contribution < -0.4 is 9.47 Å². The fourth-order valence-electron chi connectivity index (χ4n) is 7.95. The van der Waals surface area contributed by atoms with E-state index in [-0.39, 0.29) is 22.9 Å². The van der Waals surface area contributed by atoms with Gasteiger partial charge in [0.1, 0.15) is 11.5 Å². The number of esters is 3. The topological polar surface area (TPSA) is 91.4 Å². The lowest BCUT2D eigenvalue weighted by Gasteiger charge is -2.58. The van der Waals surface area contributed by atoms with Crippen LogP contribution >= 0.6 is 0 Å². The average molecular weight is 523 g/mol. The quantitative estimate of drug-likeness (QED) is 0.269. The molecule has 2 aromatic carbocycles. The molecule has 1 saturated heterocycles. The number of carbonyl (C=O) groups excluding carboxylic acids is 3. The zero-order chi connectivity index (χ0) is 27.3. The molecule has 5 atom stereocenters. The minimum absolute atomic E-state index is 0.0157. The summed E-state index contributed by atoms with van der Waals surface area (Å²) in [5.41, 5.74) is 0.532. The Morgan fingerprint density at radius 3 is 2.21 bits per heavy atom. The fraction of sp³-hybridized carbons (Fsp3) is 0.581. The highest BCUT2D eigenvalue weighted by atomic mass is 16.6. The van der Waals surface area contributed by atoms with Crippen molar-refractivity contribution in [2.75, 3.05) is 13.7 Å². The second kappa shape index (κ2) is 9.67. The highest BCUT2D eigenvalue weighted by molar-refractivity contribution is 5.96. The number of hydrogen-bond acceptors (Lipinski definition) is 7. The molecule has 1 aliphatic heterocycles. The van der Waals surface area contributed by atoms with E-state index in [1.165, 1.54) is 21.0 Å². The van der Waals surface area contributed by atoms with Gasteiger partial charge in [-0.25, -0.2) is 0 Å². The van der Waals surface area contributed by atoms with E-state index < -0.39 is 17.4 Å². The molecular formula is C31H38O7. The summed E-state index contributed by atoms with van der Waals surface area (Å²) in [4.78, 5) is 36.3. The summed E-state index contributed by atoms with van der Waals surface area (Å²) in [6, 6.07) is 9.33. The predicted octanol–water partition coefficient (Wildman–Crippen LogP) is 5.79. The minimum Gasteiger partial charge on any atom is -0.469 e. The highest BCUT2D eigenvalue weighted by Crippen LogP contribution is 2.66. The first kappa shape index (κ1) is 26.7. The maximum absolute atomic E-state index is 13.0. The molecule has 7 heteroatoms. The van der Waals surface area contributed by atoms with Crippen molar-refractivity contribution in [3.05, 3.63) is 35.9 Å². The number of benzene rings is 2. The number of aryl methyl sites for hydroxylation is 1. The second-order valence-corrected chi connectivity index (χ2v) is 11.9. The van der Waals surface area contributed by atoms with Crippen LogP contribution in [0.5, 0.6) is 11.5 Å². The summed E-state index contributed by atoms with van der Waals surface area (Å²) in [6.45, 7) is 8.00. The summed E-state index contributed by atoms with van der Waals surface area (Å²) in [6.07, 6.45) is 6.67. The summed E-state index contributed by atoms with van der Waals surface area (Å²) < 4.78 is 22.3. The monoisotopic (exact) mass is 522 g/mol. The van der Waals surface area contributed by atoms with Crippen LogP contribution in [0.15, 0.2) is 30.3 Å². The smallest absolute Gasteiger partial charge is 0.311 e. The van der Waals surface area contributed by atoms with Crippen molar-refractivity contribution in [2.45, 2.75) is 78.2 Å². The molecular weight excluding hydrogens is 484 g/mol. The lowest BCUT2D eigenvalue weighted by atomic mass is 9.45. The van der Waals surface area contributed by atoms with Crippen LogP contribution in [0.4, 0.5) is 0 Å². The third-order valence-electron chi connectivity index (χ3n) is 9.66. The van der Waals surface area contributed by atoms with Crippen LogP contribution in [0.3, 0.4) is 0 Å². The third-order valence-corrected chi connectivity index (χ3v) is 9.66. The van der Waals surface area contributed by atoms with E-state index in [1.807, 2.05) is 12.1 Å². The lowest BCUT2D eigenvalue weighted by molar-refractivity contribution is -0.174. The van der Waals surface area contributed by atoms with E-state index in [2.05, 4.69) is 19.9 Å². The molecule has 1 heterocycles. The first-order chi connectivity index (χ1) is 18.0. The van der Waals surface area contributed by atoms with Gasteiger partial charge in [0.25, 0.3) is 0 Å². The Bertz CT molecular complexity index is 1280. The van der Waals surface area contributed by atoms with Crippen molar-refractivity contribution in [1.29, 1.82) is 0 Å². The Hall–Kier alpha value is -2.93. The summed E-state index contributed by atoms with van der Waals surface area (Å²) in [7, 11) is 1.50. The minimum atomic E-state index is -0.467. The van der Waals surface area contributed by atoms with Gasteiger partial charge in [-0.15, -0.1) is 0 Å². The molecule has 204 valence electrons. The van der Waals surface area contributed by atoms with Crippen molar-refractivity contribution in [3.63, 3.8) is 0 Å². The Morgan fingerprint density at radius 2 is 1.61 bits per heavy atom. The second-order valence-electron chi connectivity index (χ2n) is 11.9. The van der Waals surface area contributed by atoms with Gasteiger partial charge in [-0.05, 0) is 86.5 Å². The van der Waals surface area contributed by atoms with Gasteiger partial charge in [0.2, 0.25) is 0 Å². The van der Waals surface area contributed by atoms with Crippen LogP contribution in [-0.4, -0.2) is 37.2 Å². The standard InChI is InChI=1S/C31H38O7/c1-19(32)37-24-10-11-25(38-20(2)33)23-17-21(7-9-22(23)24)8-12-27-29(3)14-6-15-30(4,28(34)35-5)26(29)13-16-31(27)18-36-31/h7,9-11,17,26-27H,6,8,12-16,18H2,1-5H3/t26-,27-,29+,30+,31+/m1/s1. The summed E-state index contributed by atoms with van der Waals surface area (Å²) in [5.74, 6) is 0.568. The molecule has 0 N–H and O–H groups in total. The number of hydrogen-bond donors (Lipinski definition) is 0. The fourth-order valence-corrected chi connectivity index (χ4v) is 7.95. The Balaban J connectivity index is 1.45. The molecule has 3 aliphatic rings. The van der Waals surface area contributed by atoms with E-state index in [0.29, 0.717) is 17.4 Å². The Kier molecular flexibility index (Phi) is 6.79. The van der Waals surface area contributed by atoms with Crippen molar-refractivity contribution >= 4 is 28.7 Å². The van der Waals surface area contributed by atoms with Gasteiger partial charge in [-0.1, -0.05) is 25.5 Å². The maximum atomic E-state index is 13.0. The molecule has 7 nitrogen and oxygen atoms in total. The highest BCUT2D eigenvalue weighted by Gasteiger charge is 2.66.